The van der Waals surface area contributed by atoms with Gasteiger partial charge < -0.3 is 15.5 Å². The molecule has 162 valence electrons. The number of aryl methyl sites for hydroxylation is 1. The van der Waals surface area contributed by atoms with Crippen LogP contribution in [0, 0.1) is 6.92 Å². The minimum atomic E-state index is -1.30. The molecule has 31 heavy (non-hydrogen) atoms. The van der Waals surface area contributed by atoms with Gasteiger partial charge in [0.25, 0.3) is 5.91 Å². The minimum Gasteiger partial charge on any atom is -0.335 e. The lowest BCUT2D eigenvalue weighted by atomic mass is 9.92. The van der Waals surface area contributed by atoms with Crippen molar-refractivity contribution in [2.75, 3.05) is 25.5 Å². The summed E-state index contributed by atoms with van der Waals surface area (Å²) in [5.74, 6) is -1.48. The van der Waals surface area contributed by atoms with E-state index in [0.717, 1.165) is 10.5 Å². The number of likely N-dealkylation sites (N-methyl/N-ethyl adjacent to an activating group) is 1. The van der Waals surface area contributed by atoms with Crippen LogP contribution in [-0.2, 0) is 19.9 Å². The molecule has 0 spiro atoms. The molecule has 9 heteroatoms. The summed E-state index contributed by atoms with van der Waals surface area (Å²) in [6, 6.07) is 13.1. The zero-order valence-corrected chi connectivity index (χ0v) is 18.2. The van der Waals surface area contributed by atoms with Gasteiger partial charge in [-0.15, -0.1) is 0 Å². The summed E-state index contributed by atoms with van der Waals surface area (Å²) in [5.41, 5.74) is 0.924. The zero-order chi connectivity index (χ0) is 22.8. The van der Waals surface area contributed by atoms with E-state index in [9.17, 15) is 19.2 Å². The molecule has 1 saturated heterocycles. The highest BCUT2D eigenvalue weighted by Gasteiger charge is 2.49. The Balaban J connectivity index is 1.61. The van der Waals surface area contributed by atoms with E-state index < -0.39 is 29.9 Å². The van der Waals surface area contributed by atoms with Crippen LogP contribution in [0.5, 0.6) is 0 Å². The number of carbonyl (C=O) groups excluding carboxylic acids is 4. The average molecular weight is 443 g/mol. The SMILES string of the molecule is Cc1ccc(NC(=O)CN(C)C(=O)CN2C(=O)NC(C)(c3ccc(Cl)cc3)C2=O)cc1. The van der Waals surface area contributed by atoms with Crippen LogP contribution in [0.3, 0.4) is 0 Å². The van der Waals surface area contributed by atoms with Gasteiger partial charge in [0.2, 0.25) is 11.8 Å². The highest BCUT2D eigenvalue weighted by atomic mass is 35.5. The first kappa shape index (κ1) is 22.3. The summed E-state index contributed by atoms with van der Waals surface area (Å²) in [7, 11) is 1.44. The Kier molecular flexibility index (Phi) is 6.31. The number of urea groups is 1. The molecule has 5 amide bonds. The molecule has 0 radical (unpaired) electrons. The molecule has 1 atom stereocenters. The van der Waals surface area contributed by atoms with Gasteiger partial charge in [-0.05, 0) is 43.7 Å². The third-order valence-electron chi connectivity index (χ3n) is 5.13. The number of rotatable bonds is 6. The molecule has 1 aliphatic rings. The minimum absolute atomic E-state index is 0.217. The molecule has 8 nitrogen and oxygen atoms in total. The maximum atomic E-state index is 12.9. The number of carbonyl (C=O) groups is 4. The first-order valence-corrected chi connectivity index (χ1v) is 9.98. The van der Waals surface area contributed by atoms with Crippen molar-refractivity contribution in [3.8, 4) is 0 Å². The van der Waals surface area contributed by atoms with Crippen molar-refractivity contribution < 1.29 is 19.2 Å². The summed E-state index contributed by atoms with van der Waals surface area (Å²) in [6.07, 6.45) is 0. The number of imide groups is 1. The fourth-order valence-electron chi connectivity index (χ4n) is 3.22. The van der Waals surface area contributed by atoms with Gasteiger partial charge in [0.05, 0.1) is 6.54 Å². The quantitative estimate of drug-likeness (QED) is 0.671. The monoisotopic (exact) mass is 442 g/mol. The average Bonchev–Trinajstić information content (AvgIpc) is 2.94. The number of hydrogen-bond acceptors (Lipinski definition) is 4. The summed E-state index contributed by atoms with van der Waals surface area (Å²) < 4.78 is 0. The van der Waals surface area contributed by atoms with Crippen LogP contribution in [0.4, 0.5) is 10.5 Å². The standard InChI is InChI=1S/C22H23ClN4O4/c1-14-4-10-17(11-5-14)24-18(28)12-26(3)19(29)13-27-20(30)22(2,25-21(27)31)15-6-8-16(23)9-7-15/h4-11H,12-13H2,1-3H3,(H,24,28)(H,25,31). The smallest absolute Gasteiger partial charge is 0.325 e. The van der Waals surface area contributed by atoms with E-state index in [1.165, 1.54) is 11.9 Å². The molecular weight excluding hydrogens is 420 g/mol. The first-order valence-electron chi connectivity index (χ1n) is 9.61. The number of halogens is 1. The molecule has 0 aromatic heterocycles. The van der Waals surface area contributed by atoms with E-state index in [2.05, 4.69) is 10.6 Å². The predicted molar refractivity (Wildman–Crippen MR) is 116 cm³/mol. The fourth-order valence-corrected chi connectivity index (χ4v) is 3.34. The molecule has 1 heterocycles. The van der Waals surface area contributed by atoms with Gasteiger partial charge in [0.1, 0.15) is 12.1 Å². The lowest BCUT2D eigenvalue weighted by Crippen LogP contribution is -2.45. The summed E-state index contributed by atoms with van der Waals surface area (Å²) in [5, 5.41) is 5.84. The Morgan fingerprint density at radius 1 is 1.10 bits per heavy atom. The van der Waals surface area contributed by atoms with Crippen LogP contribution in [0.25, 0.3) is 0 Å². The topological polar surface area (TPSA) is 98.8 Å². The number of nitrogens with zero attached hydrogens (tertiary/aromatic N) is 2. The maximum Gasteiger partial charge on any atom is 0.325 e. The van der Waals surface area contributed by atoms with E-state index in [0.29, 0.717) is 16.3 Å². The number of amides is 5. The second kappa shape index (κ2) is 8.77. The Hall–Kier alpha value is -3.39. The number of anilines is 1. The molecule has 2 aromatic rings. The lowest BCUT2D eigenvalue weighted by molar-refractivity contribution is -0.139. The highest BCUT2D eigenvalue weighted by Crippen LogP contribution is 2.29. The second-order valence-electron chi connectivity index (χ2n) is 7.62. The molecule has 1 fully saturated rings. The molecule has 0 bridgehead atoms. The molecule has 3 rings (SSSR count). The van der Waals surface area contributed by atoms with Gasteiger partial charge >= 0.3 is 6.03 Å². The van der Waals surface area contributed by atoms with E-state index in [-0.39, 0.29) is 12.5 Å². The molecule has 0 saturated carbocycles. The third kappa shape index (κ3) is 4.86. The summed E-state index contributed by atoms with van der Waals surface area (Å²) >= 11 is 5.90. The highest BCUT2D eigenvalue weighted by molar-refractivity contribution is 6.30. The van der Waals surface area contributed by atoms with Gasteiger partial charge in [-0.3, -0.25) is 19.3 Å². The normalized spacial score (nSPS) is 18.0. The van der Waals surface area contributed by atoms with Crippen molar-refractivity contribution in [1.29, 1.82) is 0 Å². The van der Waals surface area contributed by atoms with Crippen molar-refractivity contribution in [3.05, 3.63) is 64.7 Å². The van der Waals surface area contributed by atoms with Crippen molar-refractivity contribution >= 4 is 41.0 Å². The Morgan fingerprint density at radius 3 is 2.32 bits per heavy atom. The molecule has 2 aromatic carbocycles. The lowest BCUT2D eigenvalue weighted by Gasteiger charge is -2.23. The van der Waals surface area contributed by atoms with Crippen LogP contribution in [0.15, 0.2) is 48.5 Å². The molecule has 2 N–H and O–H groups in total. The van der Waals surface area contributed by atoms with Gasteiger partial charge in [-0.2, -0.15) is 0 Å². The van der Waals surface area contributed by atoms with Crippen LogP contribution < -0.4 is 10.6 Å². The molecule has 1 unspecified atom stereocenters. The zero-order valence-electron chi connectivity index (χ0n) is 17.4. The van der Waals surface area contributed by atoms with Crippen LogP contribution >= 0.6 is 11.6 Å². The number of benzene rings is 2. The van der Waals surface area contributed by atoms with Crippen molar-refractivity contribution in [1.82, 2.24) is 15.1 Å². The third-order valence-corrected chi connectivity index (χ3v) is 5.38. The van der Waals surface area contributed by atoms with Gasteiger partial charge in [-0.25, -0.2) is 4.79 Å². The van der Waals surface area contributed by atoms with Crippen molar-refractivity contribution in [3.63, 3.8) is 0 Å². The summed E-state index contributed by atoms with van der Waals surface area (Å²) in [6.45, 7) is 2.82. The Bertz CT molecular complexity index is 1020. The summed E-state index contributed by atoms with van der Waals surface area (Å²) in [4.78, 5) is 52.1. The maximum absolute atomic E-state index is 12.9. The van der Waals surface area contributed by atoms with Crippen molar-refractivity contribution in [2.45, 2.75) is 19.4 Å². The first-order chi connectivity index (χ1) is 14.6. The molecule has 0 aliphatic carbocycles. The Morgan fingerprint density at radius 2 is 1.71 bits per heavy atom. The molecular formula is C22H23ClN4O4. The van der Waals surface area contributed by atoms with E-state index in [4.69, 9.17) is 11.6 Å². The van der Waals surface area contributed by atoms with E-state index in [1.54, 1.807) is 43.3 Å². The van der Waals surface area contributed by atoms with Crippen molar-refractivity contribution in [2.24, 2.45) is 0 Å². The number of hydrogen-bond donors (Lipinski definition) is 2. The molecule has 1 aliphatic heterocycles. The van der Waals surface area contributed by atoms with Crippen LogP contribution in [0.2, 0.25) is 5.02 Å². The largest absolute Gasteiger partial charge is 0.335 e. The van der Waals surface area contributed by atoms with Gasteiger partial charge in [0.15, 0.2) is 0 Å². The Labute approximate surface area is 185 Å². The van der Waals surface area contributed by atoms with E-state index in [1.807, 2.05) is 19.1 Å². The van der Waals surface area contributed by atoms with Crippen LogP contribution in [-0.4, -0.2) is 53.7 Å². The van der Waals surface area contributed by atoms with Crippen LogP contribution in [0.1, 0.15) is 18.1 Å². The predicted octanol–water partition coefficient (Wildman–Crippen LogP) is 2.51. The number of nitrogens with one attached hydrogen (secondary N) is 2. The second-order valence-corrected chi connectivity index (χ2v) is 8.05. The van der Waals surface area contributed by atoms with Gasteiger partial charge in [0, 0.05) is 17.8 Å². The fraction of sp³-hybridized carbons (Fsp3) is 0.273. The van der Waals surface area contributed by atoms with E-state index >= 15 is 0 Å². The van der Waals surface area contributed by atoms with Gasteiger partial charge in [-0.1, -0.05) is 41.4 Å².